The number of ether oxygens (including phenoxy) is 2. The molecule has 4 rings (SSSR count). The molecule has 0 spiro atoms. The van der Waals surface area contributed by atoms with Crippen LogP contribution in [0.3, 0.4) is 0 Å². The standard InChI is InChI=1S/C24H28BClO5/c1-6-28-21-13-22(19(26)12-15(21)14-27)29-20-11-10-16-17(20)8-7-9-18(16)25-30-23(2,3)24(4,5)31-25/h7-9,12-14,20H,6,10-11H2,1-5H3. The number of hydrogen-bond acceptors (Lipinski definition) is 5. The number of aldehydes is 1. The van der Waals surface area contributed by atoms with Crippen molar-refractivity contribution in [3.8, 4) is 11.5 Å². The van der Waals surface area contributed by atoms with E-state index in [9.17, 15) is 4.79 Å². The molecule has 0 radical (unpaired) electrons. The molecule has 0 bridgehead atoms. The number of fused-ring (bicyclic) bond motifs is 1. The summed E-state index contributed by atoms with van der Waals surface area (Å²) in [7, 11) is -0.404. The van der Waals surface area contributed by atoms with Gasteiger partial charge in [0.1, 0.15) is 17.6 Å². The van der Waals surface area contributed by atoms with Gasteiger partial charge in [-0.2, -0.15) is 0 Å². The van der Waals surface area contributed by atoms with Crippen LogP contribution >= 0.6 is 11.6 Å². The lowest BCUT2D eigenvalue weighted by Crippen LogP contribution is -2.41. The maximum absolute atomic E-state index is 11.3. The van der Waals surface area contributed by atoms with E-state index in [0.717, 1.165) is 30.2 Å². The zero-order valence-corrected chi connectivity index (χ0v) is 19.4. The summed E-state index contributed by atoms with van der Waals surface area (Å²) in [6, 6.07) is 9.46. The molecule has 2 aromatic carbocycles. The van der Waals surface area contributed by atoms with E-state index in [1.54, 1.807) is 12.1 Å². The Morgan fingerprint density at radius 1 is 1.16 bits per heavy atom. The van der Waals surface area contributed by atoms with E-state index >= 15 is 0 Å². The summed E-state index contributed by atoms with van der Waals surface area (Å²) >= 11 is 6.40. The molecule has 0 saturated carbocycles. The SMILES string of the molecule is CCOc1cc(OC2CCc3c(B4OC(C)(C)C(C)(C)O4)cccc32)c(Cl)cc1C=O. The second-order valence-electron chi connectivity index (χ2n) is 9.02. The van der Waals surface area contributed by atoms with Gasteiger partial charge in [0.15, 0.2) is 6.29 Å². The van der Waals surface area contributed by atoms with Crippen molar-refractivity contribution in [2.75, 3.05) is 6.61 Å². The number of halogens is 1. The maximum atomic E-state index is 11.3. The highest BCUT2D eigenvalue weighted by atomic mass is 35.5. The van der Waals surface area contributed by atoms with E-state index in [2.05, 4.69) is 39.8 Å². The van der Waals surface area contributed by atoms with Crippen LogP contribution in [0.1, 0.15) is 68.6 Å². The van der Waals surface area contributed by atoms with E-state index in [0.29, 0.717) is 28.7 Å². The first-order chi connectivity index (χ1) is 14.7. The Hall–Kier alpha value is -2.02. The van der Waals surface area contributed by atoms with Crippen LogP contribution in [0.5, 0.6) is 11.5 Å². The Kier molecular flexibility index (Phi) is 5.84. The highest BCUT2D eigenvalue weighted by molar-refractivity contribution is 6.62. The first kappa shape index (κ1) is 22.2. The maximum Gasteiger partial charge on any atom is 0.495 e. The molecule has 7 heteroatoms. The van der Waals surface area contributed by atoms with Crippen LogP contribution in [0.15, 0.2) is 30.3 Å². The highest BCUT2D eigenvalue weighted by Crippen LogP contribution is 2.41. The lowest BCUT2D eigenvalue weighted by Gasteiger charge is -2.32. The predicted molar refractivity (Wildman–Crippen MR) is 122 cm³/mol. The van der Waals surface area contributed by atoms with Gasteiger partial charge in [-0.1, -0.05) is 29.8 Å². The summed E-state index contributed by atoms with van der Waals surface area (Å²) in [5, 5.41) is 0.390. The number of rotatable bonds is 6. The molecule has 1 saturated heterocycles. The molecule has 1 unspecified atom stereocenters. The van der Waals surface area contributed by atoms with Crippen LogP contribution < -0.4 is 14.9 Å². The van der Waals surface area contributed by atoms with Crippen LogP contribution in [0.25, 0.3) is 0 Å². The zero-order chi connectivity index (χ0) is 22.4. The van der Waals surface area contributed by atoms with Crippen molar-refractivity contribution in [3.05, 3.63) is 52.0 Å². The van der Waals surface area contributed by atoms with Crippen molar-refractivity contribution in [3.63, 3.8) is 0 Å². The molecule has 0 amide bonds. The molecule has 2 aromatic rings. The lowest BCUT2D eigenvalue weighted by atomic mass is 9.75. The lowest BCUT2D eigenvalue weighted by molar-refractivity contribution is 0.00578. The van der Waals surface area contributed by atoms with E-state index in [4.69, 9.17) is 30.4 Å². The smallest absolute Gasteiger partial charge is 0.493 e. The Labute approximate surface area is 189 Å². The van der Waals surface area contributed by atoms with Gasteiger partial charge in [-0.3, -0.25) is 4.79 Å². The largest absolute Gasteiger partial charge is 0.495 e. The van der Waals surface area contributed by atoms with Crippen molar-refractivity contribution >= 4 is 30.5 Å². The molecule has 1 atom stereocenters. The van der Waals surface area contributed by atoms with Crippen molar-refractivity contribution in [1.29, 1.82) is 0 Å². The van der Waals surface area contributed by atoms with Crippen LogP contribution in [0, 0.1) is 0 Å². The topological polar surface area (TPSA) is 54.0 Å². The molecule has 0 aromatic heterocycles. The molecule has 0 N–H and O–H groups in total. The summed E-state index contributed by atoms with van der Waals surface area (Å²) < 4.78 is 24.5. The van der Waals surface area contributed by atoms with Gasteiger partial charge in [0.05, 0.1) is 28.4 Å². The van der Waals surface area contributed by atoms with Gasteiger partial charge in [0, 0.05) is 6.07 Å². The number of carbonyl (C=O) groups is 1. The number of benzene rings is 2. The van der Waals surface area contributed by atoms with E-state index < -0.39 is 18.3 Å². The minimum atomic E-state index is -0.404. The van der Waals surface area contributed by atoms with Crippen molar-refractivity contribution in [1.82, 2.24) is 0 Å². The Morgan fingerprint density at radius 3 is 2.52 bits per heavy atom. The van der Waals surface area contributed by atoms with Crippen molar-refractivity contribution in [2.24, 2.45) is 0 Å². The summed E-state index contributed by atoms with van der Waals surface area (Å²) in [6.07, 6.45) is 2.28. The van der Waals surface area contributed by atoms with Gasteiger partial charge in [-0.05, 0) is 70.1 Å². The first-order valence-electron chi connectivity index (χ1n) is 10.7. The van der Waals surface area contributed by atoms with Crippen LogP contribution in [-0.4, -0.2) is 31.2 Å². The Bertz CT molecular complexity index is 988. The van der Waals surface area contributed by atoms with Gasteiger partial charge < -0.3 is 18.8 Å². The minimum Gasteiger partial charge on any atom is -0.493 e. The van der Waals surface area contributed by atoms with Crippen LogP contribution in [-0.2, 0) is 15.7 Å². The quantitative estimate of drug-likeness (QED) is 0.470. The molecule has 31 heavy (non-hydrogen) atoms. The van der Waals surface area contributed by atoms with Gasteiger partial charge in [-0.15, -0.1) is 0 Å². The van der Waals surface area contributed by atoms with E-state index in [1.165, 1.54) is 5.56 Å². The van der Waals surface area contributed by atoms with Crippen LogP contribution in [0.4, 0.5) is 0 Å². The molecule has 1 fully saturated rings. The highest BCUT2D eigenvalue weighted by Gasteiger charge is 2.52. The molecule has 1 aliphatic carbocycles. The third-order valence-electron chi connectivity index (χ3n) is 6.52. The first-order valence-corrected chi connectivity index (χ1v) is 11.1. The average molecular weight is 443 g/mol. The fourth-order valence-corrected chi connectivity index (χ4v) is 4.34. The number of hydrogen-bond donors (Lipinski definition) is 0. The molecule has 164 valence electrons. The molecule has 2 aliphatic rings. The summed E-state index contributed by atoms with van der Waals surface area (Å²) in [4.78, 5) is 11.3. The molecular formula is C24H28BClO5. The minimum absolute atomic E-state index is 0.147. The van der Waals surface area contributed by atoms with Crippen LogP contribution in [0.2, 0.25) is 5.02 Å². The van der Waals surface area contributed by atoms with E-state index in [1.807, 2.05) is 13.0 Å². The molecule has 1 heterocycles. The summed E-state index contributed by atoms with van der Waals surface area (Å²) in [5.41, 5.74) is 3.00. The Morgan fingerprint density at radius 2 is 1.87 bits per heavy atom. The fraction of sp³-hybridized carbons (Fsp3) is 0.458. The van der Waals surface area contributed by atoms with Gasteiger partial charge in [0.25, 0.3) is 0 Å². The van der Waals surface area contributed by atoms with Crippen molar-refractivity contribution < 1.29 is 23.6 Å². The van der Waals surface area contributed by atoms with Gasteiger partial charge in [-0.25, -0.2) is 0 Å². The van der Waals surface area contributed by atoms with E-state index in [-0.39, 0.29) is 6.10 Å². The third-order valence-corrected chi connectivity index (χ3v) is 6.81. The third kappa shape index (κ3) is 3.97. The summed E-state index contributed by atoms with van der Waals surface area (Å²) in [6.45, 7) is 10.6. The molecular weight excluding hydrogens is 415 g/mol. The van der Waals surface area contributed by atoms with Crippen molar-refractivity contribution in [2.45, 2.75) is 64.8 Å². The number of carbonyl (C=O) groups excluding carboxylic acids is 1. The predicted octanol–water partition coefficient (Wildman–Crippen LogP) is 4.92. The summed E-state index contributed by atoms with van der Waals surface area (Å²) in [5.74, 6) is 0.982. The molecule has 1 aliphatic heterocycles. The van der Waals surface area contributed by atoms with Gasteiger partial charge in [0.2, 0.25) is 0 Å². The second kappa shape index (κ2) is 8.16. The fourth-order valence-electron chi connectivity index (χ4n) is 4.12. The molecule has 5 nitrogen and oxygen atoms in total. The zero-order valence-electron chi connectivity index (χ0n) is 18.7. The Balaban J connectivity index is 1.62. The second-order valence-corrected chi connectivity index (χ2v) is 9.43. The van der Waals surface area contributed by atoms with Gasteiger partial charge >= 0.3 is 7.12 Å². The average Bonchev–Trinajstić information content (AvgIpc) is 3.21. The normalized spacial score (nSPS) is 21.1. The monoisotopic (exact) mass is 442 g/mol.